The minimum absolute atomic E-state index is 0.0414. The summed E-state index contributed by atoms with van der Waals surface area (Å²) >= 11 is 0. The zero-order valence-corrected chi connectivity index (χ0v) is 13.1. The van der Waals surface area contributed by atoms with Crippen LogP contribution in [0.1, 0.15) is 32.3 Å². The van der Waals surface area contributed by atoms with E-state index in [9.17, 15) is 13.5 Å². The molecule has 2 rings (SSSR count). The Balaban J connectivity index is 2.42. The predicted molar refractivity (Wildman–Crippen MR) is 78.9 cm³/mol. The Labute approximate surface area is 125 Å². The number of aliphatic hydroxyl groups excluding tert-OH is 1. The topological polar surface area (TPSA) is 81.4 Å². The van der Waals surface area contributed by atoms with Gasteiger partial charge >= 0.3 is 0 Å². The highest BCUT2D eigenvalue weighted by atomic mass is 32.2. The van der Waals surface area contributed by atoms with Gasteiger partial charge in [0.15, 0.2) is 0 Å². The van der Waals surface area contributed by atoms with Gasteiger partial charge in [0.1, 0.15) is 6.07 Å². The summed E-state index contributed by atoms with van der Waals surface area (Å²) in [6.45, 7) is 4.50. The molecule has 1 atom stereocenters. The Kier molecular flexibility index (Phi) is 4.38. The largest absolute Gasteiger partial charge is 0.393 e. The van der Waals surface area contributed by atoms with E-state index in [-0.39, 0.29) is 22.4 Å². The fraction of sp³-hybridized carbons (Fsp3) is 0.533. The first-order chi connectivity index (χ1) is 9.76. The van der Waals surface area contributed by atoms with Gasteiger partial charge in [0.2, 0.25) is 10.0 Å². The Hall–Kier alpha value is -1.42. The van der Waals surface area contributed by atoms with E-state index in [2.05, 4.69) is 0 Å². The van der Waals surface area contributed by atoms with Crippen molar-refractivity contribution in [2.45, 2.75) is 37.7 Å². The maximum Gasteiger partial charge on any atom is 0.244 e. The Bertz CT molecular complexity index is 662. The van der Waals surface area contributed by atoms with Crippen molar-refractivity contribution >= 4 is 10.0 Å². The Morgan fingerprint density at radius 1 is 1.38 bits per heavy atom. The second kappa shape index (κ2) is 5.76. The van der Waals surface area contributed by atoms with Crippen LogP contribution in [0.5, 0.6) is 0 Å². The summed E-state index contributed by atoms with van der Waals surface area (Å²) in [6.07, 6.45) is 0.488. The third kappa shape index (κ3) is 3.43. The molecule has 0 radical (unpaired) electrons. The van der Waals surface area contributed by atoms with Crippen LogP contribution in [-0.2, 0) is 10.0 Å². The van der Waals surface area contributed by atoms with E-state index in [4.69, 9.17) is 5.26 Å². The first-order valence-electron chi connectivity index (χ1n) is 6.94. The molecule has 1 heterocycles. The van der Waals surface area contributed by atoms with Gasteiger partial charge in [-0.15, -0.1) is 0 Å². The molecule has 1 fully saturated rings. The molecule has 1 aliphatic heterocycles. The molecular formula is C15H20N2O3S. The van der Waals surface area contributed by atoms with E-state index in [1.54, 1.807) is 12.1 Å². The minimum Gasteiger partial charge on any atom is -0.393 e. The van der Waals surface area contributed by atoms with E-state index in [0.29, 0.717) is 19.4 Å². The van der Waals surface area contributed by atoms with Crippen molar-refractivity contribution in [3.05, 3.63) is 29.8 Å². The van der Waals surface area contributed by atoms with Gasteiger partial charge in [0.25, 0.3) is 0 Å². The maximum atomic E-state index is 12.8. The molecule has 0 spiro atoms. The van der Waals surface area contributed by atoms with Gasteiger partial charge in [-0.25, -0.2) is 8.42 Å². The average Bonchev–Trinajstić information content (AvgIpc) is 2.56. The quantitative estimate of drug-likeness (QED) is 0.902. The number of hydrogen-bond acceptors (Lipinski definition) is 4. The number of hydrogen-bond donors (Lipinski definition) is 1. The van der Waals surface area contributed by atoms with Crippen LogP contribution in [0.2, 0.25) is 0 Å². The molecule has 1 N–H and O–H groups in total. The third-order valence-electron chi connectivity index (χ3n) is 3.73. The van der Waals surface area contributed by atoms with Crippen molar-refractivity contribution in [1.29, 1.82) is 5.26 Å². The Morgan fingerprint density at radius 3 is 2.71 bits per heavy atom. The number of nitrogens with zero attached hydrogens (tertiary/aromatic N) is 2. The van der Waals surface area contributed by atoms with Gasteiger partial charge < -0.3 is 5.11 Å². The summed E-state index contributed by atoms with van der Waals surface area (Å²) in [6, 6.07) is 8.16. The number of rotatable bonds is 2. The normalized spacial score (nSPS) is 23.2. The third-order valence-corrected chi connectivity index (χ3v) is 5.63. The highest BCUT2D eigenvalue weighted by molar-refractivity contribution is 7.89. The van der Waals surface area contributed by atoms with E-state index in [0.717, 1.165) is 0 Å². The van der Waals surface area contributed by atoms with Gasteiger partial charge in [-0.2, -0.15) is 9.57 Å². The average molecular weight is 308 g/mol. The molecule has 0 amide bonds. The molecule has 1 aromatic rings. The SMILES string of the molecule is CC1(C)CC(O)CCN(S(=O)(=O)c2ccccc2C#N)C1. The van der Waals surface area contributed by atoms with Gasteiger partial charge in [0.05, 0.1) is 16.6 Å². The van der Waals surface area contributed by atoms with Crippen LogP contribution in [0.15, 0.2) is 29.2 Å². The summed E-state index contributed by atoms with van der Waals surface area (Å²) in [7, 11) is -3.72. The van der Waals surface area contributed by atoms with Gasteiger partial charge in [0, 0.05) is 13.1 Å². The molecule has 0 aromatic heterocycles. The summed E-state index contributed by atoms with van der Waals surface area (Å²) in [5.74, 6) is 0. The van der Waals surface area contributed by atoms with Gasteiger partial charge in [-0.3, -0.25) is 0 Å². The smallest absolute Gasteiger partial charge is 0.244 e. The lowest BCUT2D eigenvalue weighted by molar-refractivity contribution is 0.122. The van der Waals surface area contributed by atoms with Crippen LogP contribution in [-0.4, -0.2) is 37.0 Å². The van der Waals surface area contributed by atoms with E-state index < -0.39 is 16.1 Å². The van der Waals surface area contributed by atoms with Crippen molar-refractivity contribution in [3.8, 4) is 6.07 Å². The van der Waals surface area contributed by atoms with Crippen LogP contribution in [0.3, 0.4) is 0 Å². The van der Waals surface area contributed by atoms with Gasteiger partial charge in [-0.05, 0) is 30.4 Å². The van der Waals surface area contributed by atoms with Crippen LogP contribution in [0, 0.1) is 16.7 Å². The van der Waals surface area contributed by atoms with Crippen LogP contribution < -0.4 is 0 Å². The maximum absolute atomic E-state index is 12.8. The second-order valence-electron chi connectivity index (χ2n) is 6.26. The highest BCUT2D eigenvalue weighted by Gasteiger charge is 2.36. The zero-order chi connectivity index (χ0) is 15.7. The van der Waals surface area contributed by atoms with E-state index >= 15 is 0 Å². The van der Waals surface area contributed by atoms with Crippen LogP contribution in [0.25, 0.3) is 0 Å². The van der Waals surface area contributed by atoms with Gasteiger partial charge in [-0.1, -0.05) is 26.0 Å². The molecule has 21 heavy (non-hydrogen) atoms. The second-order valence-corrected chi connectivity index (χ2v) is 8.16. The lowest BCUT2D eigenvalue weighted by Crippen LogP contribution is -2.37. The molecule has 1 saturated heterocycles. The Morgan fingerprint density at radius 2 is 2.05 bits per heavy atom. The molecule has 1 unspecified atom stereocenters. The number of aliphatic hydroxyl groups is 1. The molecule has 6 heteroatoms. The molecule has 1 aliphatic rings. The standard InChI is InChI=1S/C15H20N2O3S/c1-15(2)9-13(18)7-8-17(11-15)21(19,20)14-6-4-3-5-12(14)10-16/h3-6,13,18H,7-9,11H2,1-2H3. The number of benzene rings is 1. The first-order valence-corrected chi connectivity index (χ1v) is 8.38. The van der Waals surface area contributed by atoms with Crippen molar-refractivity contribution < 1.29 is 13.5 Å². The molecular weight excluding hydrogens is 288 g/mol. The summed E-state index contributed by atoms with van der Waals surface area (Å²) in [4.78, 5) is 0.0414. The summed E-state index contributed by atoms with van der Waals surface area (Å²) < 4.78 is 27.0. The zero-order valence-electron chi connectivity index (χ0n) is 12.3. The predicted octanol–water partition coefficient (Wildman–Crippen LogP) is 1.73. The van der Waals surface area contributed by atoms with Crippen LogP contribution >= 0.6 is 0 Å². The van der Waals surface area contributed by atoms with Crippen molar-refractivity contribution in [3.63, 3.8) is 0 Å². The lowest BCUT2D eigenvalue weighted by atomic mass is 9.87. The van der Waals surface area contributed by atoms with Crippen molar-refractivity contribution in [2.75, 3.05) is 13.1 Å². The molecule has 0 saturated carbocycles. The molecule has 0 bridgehead atoms. The molecule has 5 nitrogen and oxygen atoms in total. The van der Waals surface area contributed by atoms with Crippen molar-refractivity contribution in [1.82, 2.24) is 4.31 Å². The summed E-state index contributed by atoms with van der Waals surface area (Å²) in [5, 5.41) is 19.0. The highest BCUT2D eigenvalue weighted by Crippen LogP contribution is 2.31. The molecule has 1 aromatic carbocycles. The van der Waals surface area contributed by atoms with Crippen molar-refractivity contribution in [2.24, 2.45) is 5.41 Å². The monoisotopic (exact) mass is 308 g/mol. The fourth-order valence-electron chi connectivity index (χ4n) is 2.78. The van der Waals surface area contributed by atoms with E-state index in [1.807, 2.05) is 19.9 Å². The summed E-state index contributed by atoms with van der Waals surface area (Å²) in [5.41, 5.74) is -0.148. The van der Waals surface area contributed by atoms with E-state index in [1.165, 1.54) is 16.4 Å². The van der Waals surface area contributed by atoms with Crippen LogP contribution in [0.4, 0.5) is 0 Å². The minimum atomic E-state index is -3.72. The lowest BCUT2D eigenvalue weighted by Gasteiger charge is -2.29. The first kappa shape index (κ1) is 16.0. The molecule has 114 valence electrons. The number of sulfonamides is 1. The molecule has 0 aliphatic carbocycles. The number of nitriles is 1. The fourth-order valence-corrected chi connectivity index (χ4v) is 4.57.